The van der Waals surface area contributed by atoms with Crippen molar-refractivity contribution in [2.24, 2.45) is 5.22 Å². The van der Waals surface area contributed by atoms with Crippen molar-refractivity contribution in [1.29, 1.82) is 0 Å². The summed E-state index contributed by atoms with van der Waals surface area (Å²) in [5.74, 6) is 0.178. The van der Waals surface area contributed by atoms with E-state index < -0.39 is 0 Å². The maximum atomic E-state index is 10.1. The summed E-state index contributed by atoms with van der Waals surface area (Å²) >= 11 is 3.39. The third-order valence-electron chi connectivity index (χ3n) is 2.76. The summed E-state index contributed by atoms with van der Waals surface area (Å²) in [5.41, 5.74) is 8.91. The molecule has 2 aromatic carbocycles. The molecule has 0 amide bonds. The van der Waals surface area contributed by atoms with Crippen LogP contribution in [0.1, 0.15) is 0 Å². The van der Waals surface area contributed by atoms with E-state index in [9.17, 15) is 5.11 Å². The Hall–Kier alpha value is -2.64. The fourth-order valence-corrected chi connectivity index (χ4v) is 2.33. The minimum absolute atomic E-state index is 0.00372. The molecule has 0 fully saturated rings. The van der Waals surface area contributed by atoms with Crippen molar-refractivity contribution in [1.82, 2.24) is 20.3 Å². The SMILES string of the molecule is [N-]=[N+]=Nn1nnnc1-c1c(O)ccc2cc(Br)ccc12. The van der Waals surface area contributed by atoms with Gasteiger partial charge in [-0.3, -0.25) is 0 Å². The summed E-state index contributed by atoms with van der Waals surface area (Å²) in [4.78, 5) is 3.57. The average Bonchev–Trinajstić information content (AvgIpc) is 2.87. The number of hydrogen-bond donors (Lipinski definition) is 1. The van der Waals surface area contributed by atoms with Crippen LogP contribution in [0.2, 0.25) is 0 Å². The molecule has 0 radical (unpaired) electrons. The Morgan fingerprint density at radius 1 is 1.30 bits per heavy atom. The highest BCUT2D eigenvalue weighted by Gasteiger charge is 2.19. The fraction of sp³-hybridized carbons (Fsp3) is 0. The van der Waals surface area contributed by atoms with Gasteiger partial charge in [0.2, 0.25) is 0 Å². The van der Waals surface area contributed by atoms with Gasteiger partial charge in [-0.2, -0.15) is 4.91 Å². The summed E-state index contributed by atoms with van der Waals surface area (Å²) < 4.78 is 0.913. The summed E-state index contributed by atoms with van der Waals surface area (Å²) in [6, 6.07) is 8.89. The van der Waals surface area contributed by atoms with Crippen LogP contribution in [0.3, 0.4) is 0 Å². The minimum atomic E-state index is 0.00372. The van der Waals surface area contributed by atoms with Crippen molar-refractivity contribution >= 4 is 26.7 Å². The molecule has 8 nitrogen and oxygen atoms in total. The van der Waals surface area contributed by atoms with Gasteiger partial charge in [-0.15, -0.1) is 5.53 Å². The first-order chi connectivity index (χ1) is 9.70. The van der Waals surface area contributed by atoms with Gasteiger partial charge in [0.25, 0.3) is 5.82 Å². The minimum Gasteiger partial charge on any atom is -0.507 e. The first-order valence-corrected chi connectivity index (χ1v) is 6.25. The number of rotatable bonds is 2. The molecule has 0 saturated carbocycles. The molecule has 3 rings (SSSR count). The summed E-state index contributed by atoms with van der Waals surface area (Å²) in [6.45, 7) is 0. The van der Waals surface area contributed by atoms with Crippen LogP contribution < -0.4 is 0 Å². The highest BCUT2D eigenvalue weighted by Crippen LogP contribution is 2.35. The van der Waals surface area contributed by atoms with Crippen LogP contribution in [0.15, 0.2) is 40.0 Å². The van der Waals surface area contributed by atoms with E-state index in [0.717, 1.165) is 20.0 Å². The fourth-order valence-electron chi connectivity index (χ4n) is 1.95. The van der Waals surface area contributed by atoms with Gasteiger partial charge in [0.15, 0.2) is 0 Å². The van der Waals surface area contributed by atoms with E-state index in [1.165, 1.54) is 0 Å². The van der Waals surface area contributed by atoms with Crippen LogP contribution in [0.5, 0.6) is 5.75 Å². The molecular weight excluding hydrogens is 326 g/mol. The third kappa shape index (κ3) is 1.94. The lowest BCUT2D eigenvalue weighted by atomic mass is 10.0. The van der Waals surface area contributed by atoms with Crippen LogP contribution in [0.4, 0.5) is 0 Å². The van der Waals surface area contributed by atoms with Gasteiger partial charge in [0.05, 0.1) is 10.8 Å². The van der Waals surface area contributed by atoms with E-state index in [-0.39, 0.29) is 11.6 Å². The van der Waals surface area contributed by atoms with Crippen molar-refractivity contribution in [2.75, 3.05) is 0 Å². The van der Waals surface area contributed by atoms with Crippen molar-refractivity contribution < 1.29 is 5.11 Å². The molecule has 0 bridgehead atoms. The number of fused-ring (bicyclic) bond motifs is 1. The molecule has 20 heavy (non-hydrogen) atoms. The van der Waals surface area contributed by atoms with Crippen LogP contribution in [-0.2, 0) is 0 Å². The molecular formula is C11H6BrN7O. The normalized spacial score (nSPS) is 10.4. The van der Waals surface area contributed by atoms with Crippen molar-refractivity contribution in [3.63, 3.8) is 0 Å². The molecule has 9 heteroatoms. The maximum absolute atomic E-state index is 10.1. The molecule has 1 aromatic heterocycles. The molecule has 0 aliphatic rings. The maximum Gasteiger partial charge on any atom is 0.285 e. The second-order valence-electron chi connectivity index (χ2n) is 3.90. The highest BCUT2D eigenvalue weighted by atomic mass is 79.9. The average molecular weight is 332 g/mol. The number of nitrogens with zero attached hydrogens (tertiary/aromatic N) is 7. The Morgan fingerprint density at radius 2 is 2.15 bits per heavy atom. The van der Waals surface area contributed by atoms with E-state index >= 15 is 0 Å². The molecule has 98 valence electrons. The van der Waals surface area contributed by atoms with Crippen LogP contribution in [0.25, 0.3) is 32.6 Å². The zero-order chi connectivity index (χ0) is 14.1. The molecule has 0 spiro atoms. The zero-order valence-electron chi connectivity index (χ0n) is 9.84. The quantitative estimate of drug-likeness (QED) is 0.441. The van der Waals surface area contributed by atoms with Gasteiger partial charge in [-0.1, -0.05) is 33.2 Å². The van der Waals surface area contributed by atoms with E-state index in [2.05, 4.69) is 41.6 Å². The van der Waals surface area contributed by atoms with E-state index in [0.29, 0.717) is 5.56 Å². The van der Waals surface area contributed by atoms with Crippen LogP contribution >= 0.6 is 15.9 Å². The Balaban J connectivity index is 2.37. The zero-order valence-corrected chi connectivity index (χ0v) is 11.4. The van der Waals surface area contributed by atoms with Gasteiger partial charge in [0, 0.05) is 14.9 Å². The molecule has 1 N–H and O–H groups in total. The lowest BCUT2D eigenvalue weighted by Crippen LogP contribution is -1.95. The number of hydrogen-bond acceptors (Lipinski definition) is 5. The lowest BCUT2D eigenvalue weighted by molar-refractivity contribution is 0.477. The Labute approximate surface area is 120 Å². The van der Waals surface area contributed by atoms with Crippen LogP contribution in [0, 0.1) is 0 Å². The molecule has 0 aliphatic heterocycles. The number of tetrazole rings is 1. The molecule has 0 saturated heterocycles. The van der Waals surface area contributed by atoms with Crippen molar-refractivity contribution in [3.05, 3.63) is 45.2 Å². The largest absolute Gasteiger partial charge is 0.507 e. The molecule has 3 aromatic rings. The van der Waals surface area contributed by atoms with Gasteiger partial charge in [-0.05, 0) is 33.8 Å². The van der Waals surface area contributed by atoms with E-state index in [1.807, 2.05) is 18.2 Å². The molecule has 0 unspecified atom stereocenters. The van der Waals surface area contributed by atoms with Gasteiger partial charge in [0.1, 0.15) is 5.75 Å². The Morgan fingerprint density at radius 3 is 2.95 bits per heavy atom. The van der Waals surface area contributed by atoms with Crippen molar-refractivity contribution in [3.8, 4) is 17.1 Å². The van der Waals surface area contributed by atoms with Crippen LogP contribution in [-0.4, -0.2) is 25.4 Å². The van der Waals surface area contributed by atoms with Gasteiger partial charge >= 0.3 is 0 Å². The smallest absolute Gasteiger partial charge is 0.285 e. The number of phenols is 1. The number of aromatic nitrogens is 4. The number of halogens is 1. The predicted molar refractivity (Wildman–Crippen MR) is 74.7 cm³/mol. The second-order valence-corrected chi connectivity index (χ2v) is 4.81. The summed E-state index contributed by atoms with van der Waals surface area (Å²) in [7, 11) is 0. The first-order valence-electron chi connectivity index (χ1n) is 5.46. The van der Waals surface area contributed by atoms with E-state index in [4.69, 9.17) is 5.53 Å². The van der Waals surface area contributed by atoms with E-state index in [1.54, 1.807) is 12.1 Å². The van der Waals surface area contributed by atoms with Gasteiger partial charge < -0.3 is 5.11 Å². The number of aromatic hydroxyl groups is 1. The summed E-state index contributed by atoms with van der Waals surface area (Å²) in [5, 5.41) is 25.9. The summed E-state index contributed by atoms with van der Waals surface area (Å²) in [6.07, 6.45) is 0. The molecule has 1 heterocycles. The Kier molecular flexibility index (Phi) is 2.97. The number of phenolic OH excluding ortho intramolecular Hbond substituents is 1. The molecule has 0 atom stereocenters. The monoisotopic (exact) mass is 331 g/mol. The van der Waals surface area contributed by atoms with Gasteiger partial charge in [-0.25, -0.2) is 0 Å². The lowest BCUT2D eigenvalue weighted by Gasteiger charge is -2.05. The third-order valence-corrected chi connectivity index (χ3v) is 3.26. The predicted octanol–water partition coefficient (Wildman–Crippen LogP) is 3.03. The topological polar surface area (TPSA) is 113 Å². The highest BCUT2D eigenvalue weighted by molar-refractivity contribution is 9.10. The second kappa shape index (κ2) is 4.80. The Bertz CT molecular complexity index is 853. The number of benzene rings is 2. The molecule has 0 aliphatic carbocycles. The first kappa shape index (κ1) is 12.4. The van der Waals surface area contributed by atoms with Crippen molar-refractivity contribution in [2.45, 2.75) is 0 Å². The number of azide groups is 1. The standard InChI is InChI=1S/C11H6BrN7O/c12-7-2-3-8-6(5-7)1-4-9(20)10(8)11-14-16-18-19(11)17-15-13/h1-5,20H.